The van der Waals surface area contributed by atoms with Crippen LogP contribution in [0.5, 0.6) is 0 Å². The third-order valence-corrected chi connectivity index (χ3v) is 4.91. The maximum atomic E-state index is 14.4. The van der Waals surface area contributed by atoms with Crippen molar-refractivity contribution in [3.63, 3.8) is 0 Å². The summed E-state index contributed by atoms with van der Waals surface area (Å²) in [6, 6.07) is 0. The van der Waals surface area contributed by atoms with Crippen molar-refractivity contribution in [2.24, 2.45) is 5.92 Å². The van der Waals surface area contributed by atoms with Gasteiger partial charge in [0.1, 0.15) is 0 Å². The van der Waals surface area contributed by atoms with Gasteiger partial charge in [-0.1, -0.05) is 44.6 Å². The summed E-state index contributed by atoms with van der Waals surface area (Å²) < 4.78 is 56.1. The first-order valence-corrected chi connectivity index (χ1v) is 9.56. The lowest BCUT2D eigenvalue weighted by Crippen LogP contribution is -2.28. The average Bonchev–Trinajstić information content (AvgIpc) is 2.84. The molecule has 1 aliphatic rings. The normalized spacial score (nSPS) is 15.6. The lowest BCUT2D eigenvalue weighted by molar-refractivity contribution is 0.0957. The molecule has 1 aliphatic carbocycles. The number of benzene rings is 1. The second-order valence-electron chi connectivity index (χ2n) is 6.98. The Bertz CT molecular complexity index is 885. The molecule has 0 aliphatic heterocycles. The summed E-state index contributed by atoms with van der Waals surface area (Å²) in [7, 11) is 0. The fourth-order valence-corrected chi connectivity index (χ4v) is 3.38. The Morgan fingerprint density at radius 3 is 2.25 bits per heavy atom. The third-order valence-electron chi connectivity index (χ3n) is 4.65. The number of halogens is 4. The molecule has 0 fully saturated rings. The second kappa shape index (κ2) is 8.99. The molecular formula is C21H23F4NOS. The Morgan fingerprint density at radius 1 is 1.11 bits per heavy atom. The number of carbonyl (C=O) groups excluding carboxylic acids is 1. The van der Waals surface area contributed by atoms with Crippen LogP contribution in [-0.4, -0.2) is 5.91 Å². The van der Waals surface area contributed by atoms with E-state index >= 15 is 0 Å². The largest absolute Gasteiger partial charge is 0.325 e. The van der Waals surface area contributed by atoms with E-state index in [1.165, 1.54) is 6.92 Å². The molecule has 0 spiro atoms. The van der Waals surface area contributed by atoms with Crippen LogP contribution in [0, 0.1) is 29.2 Å². The van der Waals surface area contributed by atoms with Crippen molar-refractivity contribution in [2.45, 2.75) is 45.8 Å². The van der Waals surface area contributed by atoms with Gasteiger partial charge >= 0.3 is 0 Å². The minimum absolute atomic E-state index is 0.0472. The number of hydrogen-bond acceptors (Lipinski definition) is 2. The molecule has 7 heteroatoms. The molecule has 0 saturated carbocycles. The van der Waals surface area contributed by atoms with Crippen LogP contribution in [0.1, 0.15) is 61.7 Å². The molecule has 1 atom stereocenters. The summed E-state index contributed by atoms with van der Waals surface area (Å²) in [5.74, 6) is -8.31. The monoisotopic (exact) mass is 413 g/mol. The number of nitrogens with one attached hydrogen (secondary N) is 1. The molecule has 1 N–H and O–H groups in total. The lowest BCUT2D eigenvalue weighted by Gasteiger charge is -2.20. The zero-order valence-electron chi connectivity index (χ0n) is 16.2. The standard InChI is InChI=1S/C21H23F4NOS/c1-5-12-7-6-8-13(10(2)3)14(9-12)26-21(27)16-15(11(4)28)17(22)19(24)20(25)18(16)23/h6-8,10-11,28H,5,9H2,1-4H3,(H,26,27). The van der Waals surface area contributed by atoms with Crippen molar-refractivity contribution < 1.29 is 22.4 Å². The van der Waals surface area contributed by atoms with E-state index < -0.39 is 45.6 Å². The SMILES string of the molecule is CCC1=CC=CC(C(C)C)=C(NC(=O)c2c(F)c(F)c(F)c(F)c2C(C)S)C1. The molecule has 1 amide bonds. The van der Waals surface area contributed by atoms with Crippen molar-refractivity contribution in [3.05, 3.63) is 69.5 Å². The van der Waals surface area contributed by atoms with Gasteiger partial charge in [0.2, 0.25) is 0 Å². The topological polar surface area (TPSA) is 29.1 Å². The molecule has 0 heterocycles. The van der Waals surface area contributed by atoms with Crippen LogP contribution in [-0.2, 0) is 0 Å². The van der Waals surface area contributed by atoms with Gasteiger partial charge in [-0.05, 0) is 24.8 Å². The van der Waals surface area contributed by atoms with Gasteiger partial charge in [-0.2, -0.15) is 12.6 Å². The summed E-state index contributed by atoms with van der Waals surface area (Å²) in [4.78, 5) is 12.8. The molecule has 152 valence electrons. The highest BCUT2D eigenvalue weighted by Crippen LogP contribution is 2.32. The van der Waals surface area contributed by atoms with Gasteiger partial charge in [-0.3, -0.25) is 4.79 Å². The molecule has 2 rings (SSSR count). The molecule has 0 saturated heterocycles. The van der Waals surface area contributed by atoms with Gasteiger partial charge in [0, 0.05) is 22.9 Å². The summed E-state index contributed by atoms with van der Waals surface area (Å²) in [6.45, 7) is 7.17. The first-order valence-electron chi connectivity index (χ1n) is 9.04. The molecule has 1 aromatic carbocycles. The van der Waals surface area contributed by atoms with Crippen LogP contribution in [0.15, 0.2) is 35.1 Å². The minimum atomic E-state index is -2.02. The van der Waals surface area contributed by atoms with E-state index in [0.29, 0.717) is 12.1 Å². The quantitative estimate of drug-likeness (QED) is 0.257. The maximum Gasteiger partial charge on any atom is 0.258 e. The Labute approximate surface area is 167 Å². The summed E-state index contributed by atoms with van der Waals surface area (Å²) >= 11 is 4.01. The number of carbonyl (C=O) groups is 1. The van der Waals surface area contributed by atoms with E-state index in [0.717, 1.165) is 17.6 Å². The number of thiol groups is 1. The predicted molar refractivity (Wildman–Crippen MR) is 105 cm³/mol. The van der Waals surface area contributed by atoms with Crippen LogP contribution < -0.4 is 5.32 Å². The van der Waals surface area contributed by atoms with Gasteiger partial charge < -0.3 is 5.32 Å². The molecule has 1 unspecified atom stereocenters. The lowest BCUT2D eigenvalue weighted by atomic mass is 9.97. The van der Waals surface area contributed by atoms with E-state index in [4.69, 9.17) is 0 Å². The zero-order valence-corrected chi connectivity index (χ0v) is 17.1. The Hall–Kier alpha value is -2.02. The first kappa shape index (κ1) is 22.3. The van der Waals surface area contributed by atoms with Crippen LogP contribution >= 0.6 is 12.6 Å². The maximum absolute atomic E-state index is 14.4. The van der Waals surface area contributed by atoms with Crippen molar-refractivity contribution in [2.75, 3.05) is 0 Å². The van der Waals surface area contributed by atoms with Gasteiger partial charge in [0.05, 0.1) is 5.56 Å². The van der Waals surface area contributed by atoms with Gasteiger partial charge in [0.15, 0.2) is 23.3 Å². The van der Waals surface area contributed by atoms with Crippen LogP contribution in [0.2, 0.25) is 0 Å². The van der Waals surface area contributed by atoms with Gasteiger partial charge in [-0.25, -0.2) is 17.6 Å². The minimum Gasteiger partial charge on any atom is -0.325 e. The highest BCUT2D eigenvalue weighted by atomic mass is 32.1. The van der Waals surface area contributed by atoms with E-state index in [-0.39, 0.29) is 5.92 Å². The van der Waals surface area contributed by atoms with E-state index in [1.54, 1.807) is 0 Å². The molecule has 0 radical (unpaired) electrons. The average molecular weight is 413 g/mol. The van der Waals surface area contributed by atoms with E-state index in [2.05, 4.69) is 17.9 Å². The number of hydrogen-bond donors (Lipinski definition) is 2. The third kappa shape index (κ3) is 4.35. The van der Waals surface area contributed by atoms with Crippen molar-refractivity contribution >= 4 is 18.5 Å². The van der Waals surface area contributed by atoms with Crippen LogP contribution in [0.25, 0.3) is 0 Å². The summed E-state index contributed by atoms with van der Waals surface area (Å²) in [5.41, 5.74) is 0.882. The van der Waals surface area contributed by atoms with E-state index in [1.807, 2.05) is 39.0 Å². The number of rotatable bonds is 5. The summed E-state index contributed by atoms with van der Waals surface area (Å²) in [5, 5.41) is 1.58. The highest BCUT2D eigenvalue weighted by Gasteiger charge is 2.31. The Morgan fingerprint density at radius 2 is 1.71 bits per heavy atom. The molecule has 1 aromatic rings. The Kier molecular flexibility index (Phi) is 7.15. The van der Waals surface area contributed by atoms with Crippen LogP contribution in [0.3, 0.4) is 0 Å². The van der Waals surface area contributed by atoms with Crippen molar-refractivity contribution in [3.8, 4) is 0 Å². The van der Waals surface area contributed by atoms with Crippen molar-refractivity contribution in [1.82, 2.24) is 5.32 Å². The zero-order chi connectivity index (χ0) is 21.2. The highest BCUT2D eigenvalue weighted by molar-refractivity contribution is 7.80. The van der Waals surface area contributed by atoms with Crippen molar-refractivity contribution in [1.29, 1.82) is 0 Å². The number of allylic oxidation sites excluding steroid dienone is 5. The number of amides is 1. The van der Waals surface area contributed by atoms with Gasteiger partial charge in [0.25, 0.3) is 5.91 Å². The molecule has 2 nitrogen and oxygen atoms in total. The summed E-state index contributed by atoms with van der Waals surface area (Å²) in [6.07, 6.45) is 6.78. The predicted octanol–water partition coefficient (Wildman–Crippen LogP) is 6.17. The smallest absolute Gasteiger partial charge is 0.258 e. The Balaban J connectivity index is 2.58. The van der Waals surface area contributed by atoms with Crippen LogP contribution in [0.4, 0.5) is 17.6 Å². The molecule has 0 bridgehead atoms. The fourth-order valence-electron chi connectivity index (χ4n) is 3.14. The molecule has 28 heavy (non-hydrogen) atoms. The second-order valence-corrected chi connectivity index (χ2v) is 7.75. The van der Waals surface area contributed by atoms with E-state index in [9.17, 15) is 22.4 Å². The fraction of sp³-hybridized carbons (Fsp3) is 0.381. The molecule has 0 aromatic heterocycles. The molecular weight excluding hydrogens is 390 g/mol. The first-order chi connectivity index (χ1) is 13.1. The van der Waals surface area contributed by atoms with Gasteiger partial charge in [-0.15, -0.1) is 0 Å².